The third-order valence-corrected chi connectivity index (χ3v) is 2.64. The Hall–Kier alpha value is -2.56. The summed E-state index contributed by atoms with van der Waals surface area (Å²) in [6.45, 7) is 0.156. The van der Waals surface area contributed by atoms with Gasteiger partial charge in [0, 0.05) is 6.07 Å². The maximum atomic E-state index is 10.9. The lowest BCUT2D eigenvalue weighted by molar-refractivity contribution is -0.385. The van der Waals surface area contributed by atoms with E-state index in [1.165, 1.54) is 6.07 Å². The fourth-order valence-electron chi connectivity index (χ4n) is 1.64. The lowest BCUT2D eigenvalue weighted by Crippen LogP contribution is -2.00. The smallest absolute Gasteiger partial charge is 0.276 e. The standard InChI is InChI=1S/C14H13NO4/c1-18-12-6-8-13(9-7-12)19-10-11-4-2-3-5-14(11)15(16)17/h2-9H,10H2,1H3. The van der Waals surface area contributed by atoms with Crippen molar-refractivity contribution in [2.24, 2.45) is 0 Å². The first-order valence-electron chi connectivity index (χ1n) is 5.70. The molecular weight excluding hydrogens is 246 g/mol. The second-order valence-electron chi connectivity index (χ2n) is 3.85. The van der Waals surface area contributed by atoms with Crippen LogP contribution in [-0.2, 0) is 6.61 Å². The molecule has 0 aliphatic rings. The number of methoxy groups -OCH3 is 1. The Labute approximate surface area is 110 Å². The number of hydrogen-bond acceptors (Lipinski definition) is 4. The number of hydrogen-bond donors (Lipinski definition) is 0. The van der Waals surface area contributed by atoms with Gasteiger partial charge in [-0.2, -0.15) is 0 Å². The van der Waals surface area contributed by atoms with Gasteiger partial charge in [-0.05, 0) is 30.3 Å². The Balaban J connectivity index is 2.07. The largest absolute Gasteiger partial charge is 0.497 e. The van der Waals surface area contributed by atoms with Crippen LogP contribution in [0.15, 0.2) is 48.5 Å². The highest BCUT2D eigenvalue weighted by Crippen LogP contribution is 2.22. The van der Waals surface area contributed by atoms with Crippen LogP contribution < -0.4 is 9.47 Å². The van der Waals surface area contributed by atoms with Crippen molar-refractivity contribution in [1.29, 1.82) is 0 Å². The number of ether oxygens (including phenoxy) is 2. The highest BCUT2D eigenvalue weighted by Gasteiger charge is 2.12. The van der Waals surface area contributed by atoms with Crippen LogP contribution in [0.25, 0.3) is 0 Å². The first-order valence-corrected chi connectivity index (χ1v) is 5.70. The molecule has 0 aromatic heterocycles. The van der Waals surface area contributed by atoms with Crippen LogP contribution in [0.5, 0.6) is 11.5 Å². The molecule has 0 atom stereocenters. The number of rotatable bonds is 5. The molecule has 5 nitrogen and oxygen atoms in total. The van der Waals surface area contributed by atoms with E-state index < -0.39 is 4.92 Å². The Morgan fingerprint density at radius 3 is 2.32 bits per heavy atom. The number of benzene rings is 2. The molecule has 2 rings (SSSR count). The van der Waals surface area contributed by atoms with Crippen LogP contribution in [-0.4, -0.2) is 12.0 Å². The average molecular weight is 259 g/mol. The summed E-state index contributed by atoms with van der Waals surface area (Å²) in [7, 11) is 1.59. The van der Waals surface area contributed by atoms with Crippen molar-refractivity contribution in [3.63, 3.8) is 0 Å². The zero-order valence-electron chi connectivity index (χ0n) is 10.4. The van der Waals surface area contributed by atoms with Gasteiger partial charge in [-0.15, -0.1) is 0 Å². The molecule has 5 heteroatoms. The Bertz CT molecular complexity index is 566. The maximum absolute atomic E-state index is 10.9. The lowest BCUT2D eigenvalue weighted by atomic mass is 10.2. The number of nitrogens with zero attached hydrogens (tertiary/aromatic N) is 1. The first kappa shape index (κ1) is 12.9. The van der Waals surface area contributed by atoms with E-state index in [1.807, 2.05) is 0 Å². The lowest BCUT2D eigenvalue weighted by Gasteiger charge is -2.07. The maximum Gasteiger partial charge on any atom is 0.276 e. The van der Waals surface area contributed by atoms with Crippen molar-refractivity contribution in [1.82, 2.24) is 0 Å². The molecule has 0 unspecified atom stereocenters. The van der Waals surface area contributed by atoms with Gasteiger partial charge in [-0.3, -0.25) is 10.1 Å². The van der Waals surface area contributed by atoms with Gasteiger partial charge in [0.1, 0.15) is 18.1 Å². The molecule has 0 aliphatic heterocycles. The van der Waals surface area contributed by atoms with Crippen LogP contribution in [0, 0.1) is 10.1 Å². The molecule has 0 heterocycles. The van der Waals surface area contributed by atoms with E-state index in [-0.39, 0.29) is 12.3 Å². The summed E-state index contributed by atoms with van der Waals surface area (Å²) in [5.41, 5.74) is 0.610. The van der Waals surface area contributed by atoms with E-state index in [2.05, 4.69) is 0 Å². The molecule has 0 bridgehead atoms. The molecule has 0 spiro atoms. The predicted molar refractivity (Wildman–Crippen MR) is 70.4 cm³/mol. The molecule has 2 aromatic rings. The predicted octanol–water partition coefficient (Wildman–Crippen LogP) is 3.18. The van der Waals surface area contributed by atoms with Crippen LogP contribution >= 0.6 is 0 Å². The molecule has 0 saturated heterocycles. The molecule has 0 radical (unpaired) electrons. The summed E-state index contributed by atoms with van der Waals surface area (Å²) in [5.74, 6) is 1.37. The summed E-state index contributed by atoms with van der Waals surface area (Å²) in [6, 6.07) is 13.6. The SMILES string of the molecule is COc1ccc(OCc2ccccc2[N+](=O)[O-])cc1. The van der Waals surface area contributed by atoms with Crippen LogP contribution in [0.1, 0.15) is 5.56 Å². The third-order valence-electron chi connectivity index (χ3n) is 2.64. The first-order chi connectivity index (χ1) is 9.20. The van der Waals surface area contributed by atoms with E-state index in [1.54, 1.807) is 49.6 Å². The molecule has 0 amide bonds. The van der Waals surface area contributed by atoms with Gasteiger partial charge in [-0.25, -0.2) is 0 Å². The third kappa shape index (κ3) is 3.22. The van der Waals surface area contributed by atoms with E-state index in [9.17, 15) is 10.1 Å². The molecule has 0 N–H and O–H groups in total. The summed E-state index contributed by atoms with van der Waals surface area (Å²) in [4.78, 5) is 10.4. The van der Waals surface area contributed by atoms with Crippen molar-refractivity contribution in [2.45, 2.75) is 6.61 Å². The summed E-state index contributed by atoms with van der Waals surface area (Å²) in [6.07, 6.45) is 0. The molecule has 0 saturated carbocycles. The summed E-state index contributed by atoms with van der Waals surface area (Å²) >= 11 is 0. The quantitative estimate of drug-likeness (QED) is 0.611. The van der Waals surface area contributed by atoms with Crippen molar-refractivity contribution < 1.29 is 14.4 Å². The number of nitro benzene ring substituents is 1. The zero-order valence-corrected chi connectivity index (χ0v) is 10.4. The van der Waals surface area contributed by atoms with E-state index in [0.717, 1.165) is 5.75 Å². The monoisotopic (exact) mass is 259 g/mol. The molecule has 2 aromatic carbocycles. The van der Waals surface area contributed by atoms with Gasteiger partial charge in [-0.1, -0.05) is 12.1 Å². The molecule has 0 fully saturated rings. The van der Waals surface area contributed by atoms with Gasteiger partial charge in [0.15, 0.2) is 0 Å². The van der Waals surface area contributed by atoms with Crippen molar-refractivity contribution in [2.75, 3.05) is 7.11 Å². The van der Waals surface area contributed by atoms with Crippen molar-refractivity contribution in [3.8, 4) is 11.5 Å². The topological polar surface area (TPSA) is 61.6 Å². The van der Waals surface area contributed by atoms with Crippen molar-refractivity contribution in [3.05, 3.63) is 64.2 Å². The van der Waals surface area contributed by atoms with Crippen LogP contribution in [0.3, 0.4) is 0 Å². The molecular formula is C14H13NO4. The van der Waals surface area contributed by atoms with Gasteiger partial charge in [0.05, 0.1) is 17.6 Å². The van der Waals surface area contributed by atoms with Gasteiger partial charge >= 0.3 is 0 Å². The van der Waals surface area contributed by atoms with Crippen LogP contribution in [0.4, 0.5) is 5.69 Å². The van der Waals surface area contributed by atoms with E-state index in [4.69, 9.17) is 9.47 Å². The van der Waals surface area contributed by atoms with Crippen molar-refractivity contribution >= 4 is 5.69 Å². The highest BCUT2D eigenvalue weighted by atomic mass is 16.6. The minimum atomic E-state index is -0.410. The Morgan fingerprint density at radius 1 is 1.05 bits per heavy atom. The van der Waals surface area contributed by atoms with Crippen LogP contribution in [0.2, 0.25) is 0 Å². The molecule has 19 heavy (non-hydrogen) atoms. The Morgan fingerprint density at radius 2 is 1.68 bits per heavy atom. The van der Waals surface area contributed by atoms with Gasteiger partial charge in [0.2, 0.25) is 0 Å². The number of nitro groups is 1. The average Bonchev–Trinajstić information content (AvgIpc) is 2.46. The second-order valence-corrected chi connectivity index (χ2v) is 3.85. The minimum Gasteiger partial charge on any atom is -0.497 e. The summed E-state index contributed by atoms with van der Waals surface area (Å²) in [5, 5.41) is 10.9. The number of para-hydroxylation sites is 1. The zero-order chi connectivity index (χ0) is 13.7. The van der Waals surface area contributed by atoms with Gasteiger partial charge in [0.25, 0.3) is 5.69 Å². The Kier molecular flexibility index (Phi) is 3.97. The second kappa shape index (κ2) is 5.86. The fourth-order valence-corrected chi connectivity index (χ4v) is 1.64. The molecule has 0 aliphatic carbocycles. The minimum absolute atomic E-state index is 0.0658. The fraction of sp³-hybridized carbons (Fsp3) is 0.143. The highest BCUT2D eigenvalue weighted by molar-refractivity contribution is 5.40. The summed E-state index contributed by atoms with van der Waals surface area (Å²) < 4.78 is 10.6. The van der Waals surface area contributed by atoms with E-state index in [0.29, 0.717) is 11.3 Å². The van der Waals surface area contributed by atoms with E-state index >= 15 is 0 Å². The normalized spacial score (nSPS) is 9.95. The molecule has 98 valence electrons. The van der Waals surface area contributed by atoms with Gasteiger partial charge < -0.3 is 9.47 Å².